The third-order valence-corrected chi connectivity index (χ3v) is 5.68. The van der Waals surface area contributed by atoms with Gasteiger partial charge < -0.3 is 10.6 Å². The lowest BCUT2D eigenvalue weighted by molar-refractivity contribution is 0.602. The maximum atomic E-state index is 13.5. The van der Waals surface area contributed by atoms with Crippen LogP contribution in [0.4, 0.5) is 4.39 Å². The Morgan fingerprint density at radius 3 is 3.00 bits per heavy atom. The number of thioether (sulfide) groups is 2. The molecule has 1 aromatic rings. The molecule has 21 heavy (non-hydrogen) atoms. The van der Waals surface area contributed by atoms with Crippen molar-refractivity contribution < 1.29 is 4.39 Å². The first kappa shape index (κ1) is 16.5. The summed E-state index contributed by atoms with van der Waals surface area (Å²) < 4.78 is 13.5. The first-order chi connectivity index (χ1) is 10.3. The second kappa shape index (κ2) is 9.20. The van der Waals surface area contributed by atoms with E-state index in [1.165, 1.54) is 36.4 Å². The van der Waals surface area contributed by atoms with Crippen molar-refractivity contribution in [3.8, 4) is 0 Å². The van der Waals surface area contributed by atoms with Crippen molar-refractivity contribution in [2.75, 3.05) is 31.6 Å². The van der Waals surface area contributed by atoms with E-state index >= 15 is 0 Å². The zero-order valence-corrected chi connectivity index (χ0v) is 13.9. The van der Waals surface area contributed by atoms with E-state index in [0.29, 0.717) is 10.1 Å². The topological polar surface area (TPSA) is 36.4 Å². The lowest BCUT2D eigenvalue weighted by Crippen LogP contribution is -2.41. The van der Waals surface area contributed by atoms with Gasteiger partial charge in [0.1, 0.15) is 5.82 Å². The predicted octanol–water partition coefficient (Wildman–Crippen LogP) is 2.98. The minimum Gasteiger partial charge on any atom is -0.356 e. The van der Waals surface area contributed by atoms with E-state index in [1.54, 1.807) is 13.1 Å². The molecule has 1 fully saturated rings. The van der Waals surface area contributed by atoms with E-state index in [4.69, 9.17) is 0 Å². The summed E-state index contributed by atoms with van der Waals surface area (Å²) in [5.74, 6) is 2.76. The Morgan fingerprint density at radius 1 is 1.43 bits per heavy atom. The van der Waals surface area contributed by atoms with Crippen LogP contribution in [0.15, 0.2) is 34.2 Å². The van der Waals surface area contributed by atoms with Gasteiger partial charge in [-0.05, 0) is 30.7 Å². The molecule has 1 saturated heterocycles. The number of nitrogens with one attached hydrogen (secondary N) is 2. The van der Waals surface area contributed by atoms with Crippen molar-refractivity contribution in [1.82, 2.24) is 10.6 Å². The summed E-state index contributed by atoms with van der Waals surface area (Å²) in [5.41, 5.74) is 0. The number of nitrogens with zero attached hydrogens (tertiary/aromatic N) is 1. The minimum absolute atomic E-state index is 0.150. The second-order valence-electron chi connectivity index (χ2n) is 4.79. The Bertz CT molecular complexity index is 462. The van der Waals surface area contributed by atoms with Crippen LogP contribution >= 0.6 is 23.5 Å². The maximum Gasteiger partial charge on any atom is 0.191 e. The first-order valence-corrected chi connectivity index (χ1v) is 9.26. The molecule has 116 valence electrons. The standard InChI is InChI=1S/C15H22FN3S2/c1-17-15(19-11-12-5-4-9-20-12)18-8-10-21-14-7-3-2-6-13(14)16/h2-3,6-7,12H,4-5,8-11H2,1H3,(H2,17,18,19). The van der Waals surface area contributed by atoms with Crippen LogP contribution in [0.25, 0.3) is 0 Å². The van der Waals surface area contributed by atoms with Crippen molar-refractivity contribution in [3.63, 3.8) is 0 Å². The van der Waals surface area contributed by atoms with Gasteiger partial charge in [0.15, 0.2) is 5.96 Å². The Kier molecular flexibility index (Phi) is 7.23. The summed E-state index contributed by atoms with van der Waals surface area (Å²) in [6, 6.07) is 6.88. The molecule has 0 amide bonds. The molecule has 0 bridgehead atoms. The predicted molar refractivity (Wildman–Crippen MR) is 92.0 cm³/mol. The fraction of sp³-hybridized carbons (Fsp3) is 0.533. The smallest absolute Gasteiger partial charge is 0.191 e. The van der Waals surface area contributed by atoms with E-state index < -0.39 is 0 Å². The van der Waals surface area contributed by atoms with Gasteiger partial charge >= 0.3 is 0 Å². The molecule has 1 aliphatic rings. The number of halogens is 1. The van der Waals surface area contributed by atoms with Crippen molar-refractivity contribution in [3.05, 3.63) is 30.1 Å². The van der Waals surface area contributed by atoms with E-state index in [0.717, 1.165) is 24.8 Å². The molecular weight excluding hydrogens is 305 g/mol. The first-order valence-electron chi connectivity index (χ1n) is 7.23. The van der Waals surface area contributed by atoms with Crippen molar-refractivity contribution in [2.24, 2.45) is 4.99 Å². The van der Waals surface area contributed by atoms with Gasteiger partial charge in [0.25, 0.3) is 0 Å². The third kappa shape index (κ3) is 5.79. The maximum absolute atomic E-state index is 13.5. The summed E-state index contributed by atoms with van der Waals surface area (Å²) in [6.07, 6.45) is 2.61. The Morgan fingerprint density at radius 2 is 2.29 bits per heavy atom. The molecule has 0 saturated carbocycles. The molecule has 1 heterocycles. The monoisotopic (exact) mass is 327 g/mol. The number of aliphatic imine (C=N–C) groups is 1. The van der Waals surface area contributed by atoms with Gasteiger partial charge in [-0.1, -0.05) is 12.1 Å². The quantitative estimate of drug-likeness (QED) is 0.364. The number of hydrogen-bond acceptors (Lipinski definition) is 3. The van der Waals surface area contributed by atoms with Crippen LogP contribution in [0.5, 0.6) is 0 Å². The van der Waals surface area contributed by atoms with Crippen LogP contribution in [-0.2, 0) is 0 Å². The summed E-state index contributed by atoms with van der Waals surface area (Å²) in [6.45, 7) is 1.72. The number of guanidine groups is 1. The fourth-order valence-corrected chi connectivity index (χ4v) is 4.13. The van der Waals surface area contributed by atoms with Gasteiger partial charge in [0, 0.05) is 36.0 Å². The van der Waals surface area contributed by atoms with Gasteiger partial charge in [-0.2, -0.15) is 11.8 Å². The molecule has 2 N–H and O–H groups in total. The van der Waals surface area contributed by atoms with Gasteiger partial charge in [-0.3, -0.25) is 4.99 Å². The van der Waals surface area contributed by atoms with Crippen molar-refractivity contribution in [2.45, 2.75) is 23.0 Å². The fourth-order valence-electron chi connectivity index (χ4n) is 2.13. The summed E-state index contributed by atoms with van der Waals surface area (Å²) >= 11 is 3.55. The molecule has 0 aromatic heterocycles. The van der Waals surface area contributed by atoms with Crippen molar-refractivity contribution in [1.29, 1.82) is 0 Å². The molecule has 0 radical (unpaired) electrons. The highest BCUT2D eigenvalue weighted by molar-refractivity contribution is 8.00. The van der Waals surface area contributed by atoms with Gasteiger partial charge in [-0.25, -0.2) is 4.39 Å². The number of benzene rings is 1. The highest BCUT2D eigenvalue weighted by Crippen LogP contribution is 2.25. The van der Waals surface area contributed by atoms with Crippen LogP contribution in [0.2, 0.25) is 0 Å². The van der Waals surface area contributed by atoms with Gasteiger partial charge in [0.2, 0.25) is 0 Å². The third-order valence-electron chi connectivity index (χ3n) is 3.23. The zero-order valence-electron chi connectivity index (χ0n) is 12.3. The highest BCUT2D eigenvalue weighted by atomic mass is 32.2. The molecule has 6 heteroatoms. The van der Waals surface area contributed by atoms with Crippen LogP contribution in [0.1, 0.15) is 12.8 Å². The van der Waals surface area contributed by atoms with E-state index in [-0.39, 0.29) is 5.82 Å². The van der Waals surface area contributed by atoms with Crippen LogP contribution in [-0.4, -0.2) is 42.9 Å². The van der Waals surface area contributed by atoms with E-state index in [1.807, 2.05) is 23.9 Å². The Hall–Kier alpha value is -0.880. The van der Waals surface area contributed by atoms with Crippen LogP contribution < -0.4 is 10.6 Å². The second-order valence-corrected chi connectivity index (χ2v) is 7.34. The van der Waals surface area contributed by atoms with Crippen LogP contribution in [0, 0.1) is 5.82 Å². The molecule has 3 nitrogen and oxygen atoms in total. The largest absolute Gasteiger partial charge is 0.356 e. The molecular formula is C15H22FN3S2. The lowest BCUT2D eigenvalue weighted by Gasteiger charge is -2.14. The molecule has 0 spiro atoms. The Labute approximate surface area is 134 Å². The molecule has 1 unspecified atom stereocenters. The highest BCUT2D eigenvalue weighted by Gasteiger charge is 2.15. The van der Waals surface area contributed by atoms with Gasteiger partial charge in [-0.15, -0.1) is 11.8 Å². The average molecular weight is 327 g/mol. The number of rotatable bonds is 6. The Balaban J connectivity index is 1.63. The molecule has 2 rings (SSSR count). The summed E-state index contributed by atoms with van der Waals surface area (Å²) in [7, 11) is 1.78. The van der Waals surface area contributed by atoms with Gasteiger partial charge in [0.05, 0.1) is 0 Å². The summed E-state index contributed by atoms with van der Waals surface area (Å²) in [5, 5.41) is 7.33. The van der Waals surface area contributed by atoms with E-state index in [9.17, 15) is 4.39 Å². The number of hydrogen-bond donors (Lipinski definition) is 2. The normalized spacial score (nSPS) is 18.8. The van der Waals surface area contributed by atoms with E-state index in [2.05, 4.69) is 15.6 Å². The average Bonchev–Trinajstić information content (AvgIpc) is 3.01. The van der Waals surface area contributed by atoms with Crippen molar-refractivity contribution >= 4 is 29.5 Å². The minimum atomic E-state index is -0.150. The lowest BCUT2D eigenvalue weighted by atomic mass is 10.2. The molecule has 1 aliphatic heterocycles. The SMILES string of the molecule is CN=C(NCCSc1ccccc1F)NCC1CCCS1. The zero-order chi connectivity index (χ0) is 14.9. The summed E-state index contributed by atoms with van der Waals surface area (Å²) in [4.78, 5) is 4.91. The molecule has 0 aliphatic carbocycles. The molecule has 1 atom stereocenters. The van der Waals surface area contributed by atoms with Crippen LogP contribution in [0.3, 0.4) is 0 Å². The molecule has 1 aromatic carbocycles.